The predicted molar refractivity (Wildman–Crippen MR) is 103 cm³/mol. The third-order valence-electron chi connectivity index (χ3n) is 3.44. The summed E-state index contributed by atoms with van der Waals surface area (Å²) in [4.78, 5) is 29.9. The molecular weight excluding hydrogens is 424 g/mol. The second kappa shape index (κ2) is 7.75. The Morgan fingerprint density at radius 1 is 1.38 bits per heavy atom. The van der Waals surface area contributed by atoms with Crippen molar-refractivity contribution >= 4 is 56.0 Å². The van der Waals surface area contributed by atoms with Gasteiger partial charge in [-0.05, 0) is 34.1 Å². The predicted octanol–water partition coefficient (Wildman–Crippen LogP) is 3.97. The van der Waals surface area contributed by atoms with E-state index < -0.39 is 4.92 Å². The van der Waals surface area contributed by atoms with Crippen molar-refractivity contribution in [1.82, 2.24) is 9.97 Å². The van der Waals surface area contributed by atoms with Crippen LogP contribution in [0.2, 0.25) is 0 Å². The Bertz CT molecular complexity index is 992. The van der Waals surface area contributed by atoms with Gasteiger partial charge in [0.15, 0.2) is 5.16 Å². The Kier molecular flexibility index (Phi) is 5.43. The highest BCUT2D eigenvalue weighted by Gasteiger charge is 2.12. The summed E-state index contributed by atoms with van der Waals surface area (Å²) in [6.07, 6.45) is 0. The topological polar surface area (TPSA) is 110 Å². The number of nitrogens with zero attached hydrogens (tertiary/aromatic N) is 2. The fourth-order valence-corrected chi connectivity index (χ4v) is 3.35. The van der Waals surface area contributed by atoms with Crippen LogP contribution in [0.5, 0.6) is 5.75 Å². The molecule has 0 bridgehead atoms. The molecule has 3 rings (SSSR count). The number of non-ortho nitro benzene ring substituents is 1. The first kappa shape index (κ1) is 18.2. The smallest absolute Gasteiger partial charge is 0.270 e. The normalized spacial score (nSPS) is 10.7. The first-order chi connectivity index (χ1) is 12.5. The van der Waals surface area contributed by atoms with Gasteiger partial charge in [0.25, 0.3) is 5.69 Å². The van der Waals surface area contributed by atoms with Gasteiger partial charge >= 0.3 is 0 Å². The summed E-state index contributed by atoms with van der Waals surface area (Å²) in [5.41, 5.74) is 2.02. The summed E-state index contributed by atoms with van der Waals surface area (Å²) in [6, 6.07) is 9.65. The number of hydrogen-bond donors (Lipinski definition) is 2. The van der Waals surface area contributed by atoms with Gasteiger partial charge in [-0.2, -0.15) is 0 Å². The van der Waals surface area contributed by atoms with E-state index in [0.29, 0.717) is 15.3 Å². The van der Waals surface area contributed by atoms with E-state index in [2.05, 4.69) is 31.2 Å². The maximum atomic E-state index is 12.1. The molecule has 0 spiro atoms. The zero-order valence-electron chi connectivity index (χ0n) is 13.5. The number of fused-ring (bicyclic) bond motifs is 1. The summed E-state index contributed by atoms with van der Waals surface area (Å²) in [5.74, 6) is 0.612. The number of nitrogens with one attached hydrogen (secondary N) is 2. The number of thioether (sulfide) groups is 1. The van der Waals surface area contributed by atoms with E-state index in [9.17, 15) is 14.9 Å². The summed E-state index contributed by atoms with van der Waals surface area (Å²) in [5, 5.41) is 14.1. The number of aromatic nitrogens is 2. The van der Waals surface area contributed by atoms with Crippen LogP contribution in [0.15, 0.2) is 46.0 Å². The van der Waals surface area contributed by atoms with Gasteiger partial charge < -0.3 is 15.0 Å². The van der Waals surface area contributed by atoms with Crippen molar-refractivity contribution in [2.75, 3.05) is 18.2 Å². The fraction of sp³-hybridized carbons (Fsp3) is 0.125. The molecule has 3 aromatic rings. The number of carbonyl (C=O) groups is 1. The Morgan fingerprint density at radius 2 is 2.19 bits per heavy atom. The van der Waals surface area contributed by atoms with Crippen LogP contribution in [0.4, 0.5) is 11.4 Å². The van der Waals surface area contributed by atoms with Gasteiger partial charge in [-0.3, -0.25) is 14.9 Å². The molecule has 1 aromatic heterocycles. The van der Waals surface area contributed by atoms with E-state index in [0.717, 1.165) is 16.8 Å². The number of aromatic amines is 1. The maximum absolute atomic E-state index is 12.1. The largest absolute Gasteiger partial charge is 0.497 e. The molecule has 26 heavy (non-hydrogen) atoms. The molecule has 0 unspecified atom stereocenters. The lowest BCUT2D eigenvalue weighted by atomic mass is 10.3. The number of nitro benzene ring substituents is 1. The van der Waals surface area contributed by atoms with Crippen LogP contribution >= 0.6 is 27.7 Å². The standard InChI is InChI=1S/C16H13BrN4O4S/c1-25-10-3-5-13-14(7-10)20-16(19-13)26-8-15(22)18-12-4-2-9(21(23)24)6-11(12)17/h2-7H,8H2,1H3,(H,18,22)(H,19,20). The van der Waals surface area contributed by atoms with Crippen molar-refractivity contribution in [3.05, 3.63) is 51.0 Å². The SMILES string of the molecule is COc1ccc2nc(SCC(=O)Nc3ccc([N+](=O)[O-])cc3Br)[nH]c2c1. The molecule has 0 saturated heterocycles. The number of anilines is 1. The van der Waals surface area contributed by atoms with Crippen molar-refractivity contribution in [2.24, 2.45) is 0 Å². The molecule has 2 aromatic carbocycles. The molecule has 0 radical (unpaired) electrons. The molecule has 0 aliphatic heterocycles. The number of carbonyl (C=O) groups excluding carboxylic acids is 1. The maximum Gasteiger partial charge on any atom is 0.270 e. The van der Waals surface area contributed by atoms with Crippen LogP contribution < -0.4 is 10.1 Å². The van der Waals surface area contributed by atoms with Crippen LogP contribution in [0.3, 0.4) is 0 Å². The third-order valence-corrected chi connectivity index (χ3v) is 4.97. The second-order valence-electron chi connectivity index (χ2n) is 5.18. The Hall–Kier alpha value is -2.59. The molecular formula is C16H13BrN4O4S. The highest BCUT2D eigenvalue weighted by atomic mass is 79.9. The van der Waals surface area contributed by atoms with E-state index in [-0.39, 0.29) is 17.3 Å². The summed E-state index contributed by atoms with van der Waals surface area (Å²) in [6.45, 7) is 0. The molecule has 1 heterocycles. The molecule has 0 saturated carbocycles. The van der Waals surface area contributed by atoms with Crippen molar-refractivity contribution in [1.29, 1.82) is 0 Å². The summed E-state index contributed by atoms with van der Waals surface area (Å²) in [7, 11) is 1.59. The van der Waals surface area contributed by atoms with Gasteiger partial charge in [-0.25, -0.2) is 4.98 Å². The van der Waals surface area contributed by atoms with Crippen LogP contribution in [0.25, 0.3) is 11.0 Å². The number of nitro groups is 1. The van der Waals surface area contributed by atoms with Crippen LogP contribution in [0.1, 0.15) is 0 Å². The molecule has 8 nitrogen and oxygen atoms in total. The monoisotopic (exact) mass is 436 g/mol. The Labute approximate surface area is 160 Å². The molecule has 2 N–H and O–H groups in total. The Balaban J connectivity index is 1.63. The zero-order chi connectivity index (χ0) is 18.7. The van der Waals surface area contributed by atoms with Gasteiger partial charge in [-0.15, -0.1) is 0 Å². The first-order valence-corrected chi connectivity index (χ1v) is 9.14. The van der Waals surface area contributed by atoms with Crippen LogP contribution in [-0.4, -0.2) is 33.7 Å². The number of rotatable bonds is 6. The van der Waals surface area contributed by atoms with Crippen molar-refractivity contribution < 1.29 is 14.5 Å². The van der Waals surface area contributed by atoms with Crippen molar-refractivity contribution in [3.63, 3.8) is 0 Å². The highest BCUT2D eigenvalue weighted by molar-refractivity contribution is 9.10. The number of hydrogen-bond acceptors (Lipinski definition) is 6. The number of H-pyrrole nitrogens is 1. The van der Waals surface area contributed by atoms with Gasteiger partial charge in [0.1, 0.15) is 5.75 Å². The molecule has 10 heteroatoms. The van der Waals surface area contributed by atoms with Gasteiger partial charge in [0.05, 0.1) is 34.5 Å². The lowest BCUT2D eigenvalue weighted by Crippen LogP contribution is -2.14. The van der Waals surface area contributed by atoms with E-state index in [1.165, 1.54) is 30.0 Å². The molecule has 0 atom stereocenters. The minimum Gasteiger partial charge on any atom is -0.497 e. The highest BCUT2D eigenvalue weighted by Crippen LogP contribution is 2.28. The van der Waals surface area contributed by atoms with E-state index in [4.69, 9.17) is 4.74 Å². The van der Waals surface area contributed by atoms with Gasteiger partial charge in [-0.1, -0.05) is 11.8 Å². The first-order valence-electron chi connectivity index (χ1n) is 7.36. The summed E-state index contributed by atoms with van der Waals surface area (Å²) < 4.78 is 5.61. The minimum absolute atomic E-state index is 0.0537. The molecule has 1 amide bonds. The number of halogens is 1. The lowest BCUT2D eigenvalue weighted by molar-refractivity contribution is -0.384. The molecule has 0 fully saturated rings. The average molecular weight is 437 g/mol. The average Bonchev–Trinajstić information content (AvgIpc) is 3.03. The molecule has 0 aliphatic rings. The van der Waals surface area contributed by atoms with Gasteiger partial charge in [0, 0.05) is 22.7 Å². The quantitative estimate of drug-likeness (QED) is 0.343. The van der Waals surface area contributed by atoms with Crippen molar-refractivity contribution in [3.8, 4) is 5.75 Å². The molecule has 134 valence electrons. The van der Waals surface area contributed by atoms with E-state index >= 15 is 0 Å². The number of methoxy groups -OCH3 is 1. The lowest BCUT2D eigenvalue weighted by Gasteiger charge is -2.06. The van der Waals surface area contributed by atoms with E-state index in [1.54, 1.807) is 7.11 Å². The second-order valence-corrected chi connectivity index (χ2v) is 7.00. The molecule has 0 aliphatic carbocycles. The number of amides is 1. The summed E-state index contributed by atoms with van der Waals surface area (Å²) >= 11 is 4.48. The minimum atomic E-state index is -0.497. The van der Waals surface area contributed by atoms with Gasteiger partial charge in [0.2, 0.25) is 5.91 Å². The van der Waals surface area contributed by atoms with Crippen LogP contribution in [0, 0.1) is 10.1 Å². The van der Waals surface area contributed by atoms with Crippen LogP contribution in [-0.2, 0) is 4.79 Å². The number of ether oxygens (including phenoxy) is 1. The fourth-order valence-electron chi connectivity index (χ4n) is 2.20. The Morgan fingerprint density at radius 3 is 2.88 bits per heavy atom. The third kappa shape index (κ3) is 4.14. The number of imidazole rings is 1. The van der Waals surface area contributed by atoms with E-state index in [1.807, 2.05) is 18.2 Å². The zero-order valence-corrected chi connectivity index (χ0v) is 15.9. The number of benzene rings is 2. The van der Waals surface area contributed by atoms with Crippen molar-refractivity contribution in [2.45, 2.75) is 5.16 Å².